The van der Waals surface area contributed by atoms with Crippen molar-refractivity contribution in [1.29, 1.82) is 0 Å². The summed E-state index contributed by atoms with van der Waals surface area (Å²) in [6, 6.07) is 0. The number of carbonyl (C=O) groups excluding carboxylic acids is 1. The number of nitrogens with one attached hydrogen (secondary N) is 1. The molecular weight excluding hydrogens is 398 g/mol. The maximum Gasteiger partial charge on any atom is 0.264 e. The first kappa shape index (κ1) is 29.1. The van der Waals surface area contributed by atoms with Gasteiger partial charge in [-0.05, 0) is 25.3 Å². The largest absolute Gasteiger partial charge is 0.353 e. The fraction of sp³-hybridized carbons (Fsp3) is 0.875. The summed E-state index contributed by atoms with van der Waals surface area (Å²) in [6.45, 7) is 2.52. The monoisotopic (exact) mass is 445 g/mol. The van der Waals surface area contributed by atoms with Crippen LogP contribution in [0.1, 0.15) is 122 Å². The Labute approximate surface area is 186 Å². The van der Waals surface area contributed by atoms with Gasteiger partial charge in [0.15, 0.2) is 0 Å². The Kier molecular flexibility index (Phi) is 20.7. The van der Waals surface area contributed by atoms with Crippen molar-refractivity contribution in [3.8, 4) is 0 Å². The Morgan fingerprint density at radius 3 is 1.60 bits per heavy atom. The third-order valence-corrected chi connectivity index (χ3v) is 6.18. The normalized spacial score (nSPS) is 11.9. The molecule has 5 nitrogen and oxygen atoms in total. The van der Waals surface area contributed by atoms with Crippen molar-refractivity contribution in [2.45, 2.75) is 122 Å². The smallest absolute Gasteiger partial charge is 0.264 e. The van der Waals surface area contributed by atoms with Crippen LogP contribution in [0.15, 0.2) is 12.2 Å². The molecular formula is C24H47NO4S. The summed E-state index contributed by atoms with van der Waals surface area (Å²) in [5.74, 6) is -0.530. The lowest BCUT2D eigenvalue weighted by Gasteiger charge is -2.03. The van der Waals surface area contributed by atoms with Crippen LogP contribution in [0.4, 0.5) is 0 Å². The first-order valence-electron chi connectivity index (χ1n) is 12.3. The molecule has 0 aromatic carbocycles. The molecule has 0 atom stereocenters. The maximum absolute atomic E-state index is 11.5. The molecule has 0 aliphatic carbocycles. The van der Waals surface area contributed by atoms with E-state index in [9.17, 15) is 13.2 Å². The Balaban J connectivity index is 3.25. The zero-order valence-electron chi connectivity index (χ0n) is 19.4. The quantitative estimate of drug-likeness (QED) is 0.112. The van der Waals surface area contributed by atoms with Crippen LogP contribution in [-0.2, 0) is 14.9 Å². The molecule has 178 valence electrons. The molecule has 0 aliphatic heterocycles. The highest BCUT2D eigenvalue weighted by Crippen LogP contribution is 2.14. The first-order valence-corrected chi connectivity index (χ1v) is 14.0. The number of allylic oxidation sites excluding steroid dienone is 1. The third kappa shape index (κ3) is 25.2. The molecule has 30 heavy (non-hydrogen) atoms. The SMILES string of the molecule is CCCCCCCCCCCCCCCCCC/C=C/C(=O)NCCCS(=O)(=O)O. The topological polar surface area (TPSA) is 83.5 Å². The zero-order valence-corrected chi connectivity index (χ0v) is 20.2. The van der Waals surface area contributed by atoms with Gasteiger partial charge >= 0.3 is 0 Å². The van der Waals surface area contributed by atoms with Crippen LogP contribution in [0.25, 0.3) is 0 Å². The van der Waals surface area contributed by atoms with Crippen LogP contribution >= 0.6 is 0 Å². The summed E-state index contributed by atoms with van der Waals surface area (Å²) in [4.78, 5) is 11.5. The number of hydrogen-bond donors (Lipinski definition) is 2. The predicted molar refractivity (Wildman–Crippen MR) is 127 cm³/mol. The molecule has 0 heterocycles. The van der Waals surface area contributed by atoms with Gasteiger partial charge < -0.3 is 5.32 Å². The van der Waals surface area contributed by atoms with E-state index in [0.717, 1.165) is 12.8 Å². The summed E-state index contributed by atoms with van der Waals surface area (Å²) in [6.07, 6.45) is 26.2. The van der Waals surface area contributed by atoms with Crippen molar-refractivity contribution in [3.05, 3.63) is 12.2 Å². The molecule has 0 bridgehead atoms. The fourth-order valence-electron chi connectivity index (χ4n) is 3.53. The van der Waals surface area contributed by atoms with E-state index in [0.29, 0.717) is 0 Å². The van der Waals surface area contributed by atoms with Gasteiger partial charge in [-0.3, -0.25) is 9.35 Å². The van der Waals surface area contributed by atoms with Gasteiger partial charge in [-0.1, -0.05) is 109 Å². The molecule has 0 saturated heterocycles. The molecule has 2 N–H and O–H groups in total. The number of hydrogen-bond acceptors (Lipinski definition) is 3. The first-order chi connectivity index (χ1) is 14.5. The molecule has 0 radical (unpaired) electrons. The Morgan fingerprint density at radius 2 is 1.17 bits per heavy atom. The van der Waals surface area contributed by atoms with Crippen molar-refractivity contribution in [2.24, 2.45) is 0 Å². The molecule has 0 unspecified atom stereocenters. The summed E-state index contributed by atoms with van der Waals surface area (Å²) < 4.78 is 29.7. The fourth-order valence-corrected chi connectivity index (χ4v) is 4.03. The Hall–Kier alpha value is -0.880. The molecule has 6 heteroatoms. The van der Waals surface area contributed by atoms with Gasteiger partial charge in [0.1, 0.15) is 0 Å². The van der Waals surface area contributed by atoms with Crippen LogP contribution in [0.5, 0.6) is 0 Å². The average molecular weight is 446 g/mol. The van der Waals surface area contributed by atoms with E-state index in [1.165, 1.54) is 102 Å². The van der Waals surface area contributed by atoms with E-state index in [-0.39, 0.29) is 24.6 Å². The number of rotatable bonds is 22. The van der Waals surface area contributed by atoms with Gasteiger partial charge in [-0.2, -0.15) is 8.42 Å². The molecule has 0 aromatic rings. The van der Waals surface area contributed by atoms with E-state index < -0.39 is 10.1 Å². The summed E-state index contributed by atoms with van der Waals surface area (Å²) in [5, 5.41) is 2.61. The van der Waals surface area contributed by atoms with Gasteiger partial charge in [0.05, 0.1) is 5.75 Å². The molecule has 0 fully saturated rings. The maximum atomic E-state index is 11.5. The van der Waals surface area contributed by atoms with Gasteiger partial charge in [0.2, 0.25) is 5.91 Å². The minimum atomic E-state index is -3.94. The van der Waals surface area contributed by atoms with Gasteiger partial charge in [-0.15, -0.1) is 0 Å². The average Bonchev–Trinajstić information content (AvgIpc) is 2.69. The van der Waals surface area contributed by atoms with Crippen molar-refractivity contribution >= 4 is 16.0 Å². The summed E-state index contributed by atoms with van der Waals surface area (Å²) in [7, 11) is -3.94. The van der Waals surface area contributed by atoms with Crippen LogP contribution in [0, 0.1) is 0 Å². The van der Waals surface area contributed by atoms with E-state index in [2.05, 4.69) is 12.2 Å². The minimum Gasteiger partial charge on any atom is -0.353 e. The molecule has 0 rings (SSSR count). The predicted octanol–water partition coefficient (Wildman–Crippen LogP) is 6.59. The number of unbranched alkanes of at least 4 members (excludes halogenated alkanes) is 16. The van der Waals surface area contributed by atoms with Gasteiger partial charge in [-0.25, -0.2) is 0 Å². The molecule has 0 spiro atoms. The summed E-state index contributed by atoms with van der Waals surface area (Å²) >= 11 is 0. The van der Waals surface area contributed by atoms with E-state index >= 15 is 0 Å². The van der Waals surface area contributed by atoms with Crippen LogP contribution in [-0.4, -0.2) is 31.2 Å². The lowest BCUT2D eigenvalue weighted by molar-refractivity contribution is -0.116. The standard InChI is InChI=1S/C24H47NO4S/c1-2-3-4-5-6-7-8-9-10-11-12-13-14-15-16-17-18-19-21-24(26)25-22-20-23-30(27,28)29/h19,21H,2-18,20,22-23H2,1H3,(H,25,26)(H,27,28,29)/b21-19+. The zero-order chi connectivity index (χ0) is 22.3. The van der Waals surface area contributed by atoms with Crippen molar-refractivity contribution in [3.63, 3.8) is 0 Å². The highest BCUT2D eigenvalue weighted by Gasteiger charge is 2.03. The minimum absolute atomic E-state index is 0.207. The second kappa shape index (κ2) is 21.4. The summed E-state index contributed by atoms with van der Waals surface area (Å²) in [5.41, 5.74) is 0. The van der Waals surface area contributed by atoms with Crippen molar-refractivity contribution in [1.82, 2.24) is 5.32 Å². The molecule has 1 amide bonds. The van der Waals surface area contributed by atoms with Crippen molar-refractivity contribution < 1.29 is 17.8 Å². The van der Waals surface area contributed by atoms with Crippen LogP contribution in [0.3, 0.4) is 0 Å². The third-order valence-electron chi connectivity index (χ3n) is 5.37. The second-order valence-electron chi connectivity index (χ2n) is 8.42. The molecule has 0 aromatic heterocycles. The van der Waals surface area contributed by atoms with Gasteiger partial charge in [0, 0.05) is 6.54 Å². The lowest BCUT2D eigenvalue weighted by Crippen LogP contribution is -2.23. The highest BCUT2D eigenvalue weighted by atomic mass is 32.2. The van der Waals surface area contributed by atoms with Crippen LogP contribution < -0.4 is 5.32 Å². The highest BCUT2D eigenvalue weighted by molar-refractivity contribution is 7.85. The number of carbonyl (C=O) groups is 1. The Morgan fingerprint density at radius 1 is 0.733 bits per heavy atom. The van der Waals surface area contributed by atoms with Crippen molar-refractivity contribution in [2.75, 3.05) is 12.3 Å². The second-order valence-corrected chi connectivity index (χ2v) is 10.00. The van der Waals surface area contributed by atoms with Crippen LogP contribution in [0.2, 0.25) is 0 Å². The lowest BCUT2D eigenvalue weighted by atomic mass is 10.0. The number of amides is 1. The Bertz CT molecular complexity index is 517. The van der Waals surface area contributed by atoms with E-state index in [4.69, 9.17) is 4.55 Å². The molecule has 0 aliphatic rings. The van der Waals surface area contributed by atoms with Gasteiger partial charge in [0.25, 0.3) is 10.1 Å². The molecule has 0 saturated carbocycles. The van der Waals surface area contributed by atoms with E-state index in [1.807, 2.05) is 6.08 Å². The van der Waals surface area contributed by atoms with E-state index in [1.54, 1.807) is 0 Å².